The molecule has 0 aromatic rings. The Labute approximate surface area is 264 Å². The molecule has 5 unspecified atom stereocenters. The first-order chi connectivity index (χ1) is 20.3. The van der Waals surface area contributed by atoms with Gasteiger partial charge >= 0.3 is 12.2 Å². The number of Topliss-reactive ketones (excluding diaryl/α,β-unsaturated/α-hetero) is 3. The number of imide groups is 1. The number of hydrogen-bond acceptors (Lipinski definition) is 10. The molecule has 0 aromatic carbocycles. The van der Waals surface area contributed by atoms with Gasteiger partial charge in [0.15, 0.2) is 11.6 Å². The lowest BCUT2D eigenvalue weighted by Gasteiger charge is -2.29. The topological polar surface area (TPSA) is 160 Å². The van der Waals surface area contributed by atoms with Gasteiger partial charge in [-0.2, -0.15) is 0 Å². The zero-order valence-electron chi connectivity index (χ0n) is 29.4. The molecule has 248 valence electrons. The fourth-order valence-electron chi connectivity index (χ4n) is 4.94. The van der Waals surface area contributed by atoms with E-state index in [4.69, 9.17) is 18.7 Å². The molecular formula is C31H52BN3O9. The summed E-state index contributed by atoms with van der Waals surface area (Å²) in [5.74, 6) is -1.05. The van der Waals surface area contributed by atoms with Crippen molar-refractivity contribution in [2.45, 2.75) is 144 Å². The van der Waals surface area contributed by atoms with Crippen LogP contribution >= 0.6 is 0 Å². The summed E-state index contributed by atoms with van der Waals surface area (Å²) in [6.07, 6.45) is -0.719. The van der Waals surface area contributed by atoms with Crippen molar-refractivity contribution in [1.29, 1.82) is 0 Å². The molecule has 13 heteroatoms. The highest BCUT2D eigenvalue weighted by Gasteiger charge is 2.46. The second-order valence-electron chi connectivity index (χ2n) is 14.1. The second kappa shape index (κ2) is 15.5. The van der Waals surface area contributed by atoms with Gasteiger partial charge in [-0.25, -0.2) is 14.5 Å². The Morgan fingerprint density at radius 3 is 1.66 bits per heavy atom. The van der Waals surface area contributed by atoms with E-state index in [1.165, 1.54) is 26.1 Å². The summed E-state index contributed by atoms with van der Waals surface area (Å²) in [5, 5.41) is 11.1. The molecule has 0 aliphatic carbocycles. The molecule has 3 aliphatic heterocycles. The lowest BCUT2D eigenvalue weighted by molar-refractivity contribution is -0.134. The maximum absolute atomic E-state index is 11.9. The van der Waals surface area contributed by atoms with Gasteiger partial charge in [0.05, 0.1) is 19.9 Å². The van der Waals surface area contributed by atoms with E-state index in [1.54, 1.807) is 48.5 Å². The highest BCUT2D eigenvalue weighted by Crippen LogP contribution is 2.30. The third kappa shape index (κ3) is 11.3. The highest BCUT2D eigenvalue weighted by atomic mass is 16.6. The van der Waals surface area contributed by atoms with Crippen LogP contribution in [-0.4, -0.2) is 99.7 Å². The predicted octanol–water partition coefficient (Wildman–Crippen LogP) is 3.35. The van der Waals surface area contributed by atoms with Crippen molar-refractivity contribution in [3.05, 3.63) is 0 Å². The first kappa shape index (κ1) is 37.4. The summed E-state index contributed by atoms with van der Waals surface area (Å²) >= 11 is 0. The molecule has 0 spiro atoms. The highest BCUT2D eigenvalue weighted by molar-refractivity contribution is 6.12. The van der Waals surface area contributed by atoms with Gasteiger partial charge in [0.25, 0.3) is 0 Å². The van der Waals surface area contributed by atoms with Gasteiger partial charge in [-0.15, -0.1) is 0 Å². The van der Waals surface area contributed by atoms with Crippen LogP contribution in [-0.2, 0) is 28.7 Å². The number of carbonyl (C=O) groups is 6. The number of likely N-dealkylation sites (tertiary alicyclic amines) is 2. The Morgan fingerprint density at radius 2 is 1.30 bits per heavy atom. The molecule has 2 N–H and O–H groups in total. The van der Waals surface area contributed by atoms with Crippen LogP contribution in [0.25, 0.3) is 0 Å². The van der Waals surface area contributed by atoms with Crippen LogP contribution in [0, 0.1) is 17.8 Å². The van der Waals surface area contributed by atoms with Crippen LogP contribution in [0.15, 0.2) is 0 Å². The zero-order valence-corrected chi connectivity index (χ0v) is 28.4. The summed E-state index contributed by atoms with van der Waals surface area (Å²) in [7, 11) is 5.64. The van der Waals surface area contributed by atoms with Crippen molar-refractivity contribution >= 4 is 43.3 Å². The zero-order chi connectivity index (χ0) is 35.4. The monoisotopic (exact) mass is 622 g/mol. The van der Waals surface area contributed by atoms with Gasteiger partial charge in [0.2, 0.25) is 5.91 Å². The first-order valence-electron chi connectivity index (χ1n) is 15.5. The molecular weight excluding hydrogens is 569 g/mol. The smallest absolute Gasteiger partial charge is 0.417 e. The van der Waals surface area contributed by atoms with Crippen LogP contribution in [0.1, 0.15) is 102 Å². The number of ketones is 3. The van der Waals surface area contributed by atoms with Crippen molar-refractivity contribution in [1.82, 2.24) is 15.1 Å². The second-order valence-corrected chi connectivity index (χ2v) is 14.1. The number of aliphatic hydroxyl groups excluding tert-OH is 1. The van der Waals surface area contributed by atoms with E-state index in [2.05, 4.69) is 0 Å². The molecule has 44 heavy (non-hydrogen) atoms. The number of rotatable bonds is 3. The molecule has 0 saturated carbocycles. The van der Waals surface area contributed by atoms with Crippen molar-refractivity contribution in [3.63, 3.8) is 0 Å². The van der Waals surface area contributed by atoms with Crippen molar-refractivity contribution in [3.8, 4) is 0 Å². The molecule has 2 radical (unpaired) electrons. The number of nitrogens with zero attached hydrogens (tertiary/aromatic N) is 2. The Bertz CT molecular complexity index is 1120. The number of carbonyl (C=O) groups excluding carboxylic acids is 6. The van der Waals surface area contributed by atoms with Crippen LogP contribution in [0.4, 0.5) is 9.59 Å². The normalized spacial score (nSPS) is 30.8. The van der Waals surface area contributed by atoms with E-state index in [1.807, 2.05) is 13.8 Å². The summed E-state index contributed by atoms with van der Waals surface area (Å²) in [4.78, 5) is 71.5. The maximum Gasteiger partial charge on any atom is 0.417 e. The molecule has 3 amide bonds. The molecule has 12 nitrogen and oxygen atoms in total. The minimum atomic E-state index is -0.946. The molecule has 8 atom stereocenters. The van der Waals surface area contributed by atoms with Crippen LogP contribution in [0.2, 0.25) is 1.41 Å². The Morgan fingerprint density at radius 1 is 0.818 bits per heavy atom. The lowest BCUT2D eigenvalue weighted by atomic mass is 9.86. The van der Waals surface area contributed by atoms with Gasteiger partial charge in [-0.3, -0.25) is 24.1 Å². The predicted molar refractivity (Wildman–Crippen MR) is 165 cm³/mol. The molecule has 3 saturated heterocycles. The number of aliphatic hydroxyl groups is 1. The average Bonchev–Trinajstić information content (AvgIpc) is 3.44. The fourth-order valence-corrected chi connectivity index (χ4v) is 4.94. The van der Waals surface area contributed by atoms with Gasteiger partial charge < -0.3 is 19.9 Å². The van der Waals surface area contributed by atoms with Crippen molar-refractivity contribution in [2.75, 3.05) is 0 Å². The summed E-state index contributed by atoms with van der Waals surface area (Å²) < 4.78 is 17.8. The van der Waals surface area contributed by atoms with Crippen molar-refractivity contribution < 1.29 is 44.8 Å². The van der Waals surface area contributed by atoms with Gasteiger partial charge in [-0.1, -0.05) is 20.8 Å². The third-order valence-corrected chi connectivity index (χ3v) is 7.40. The number of ether oxygens (including phenoxy) is 2. The Hall–Kier alpha value is -2.80. The average molecular weight is 623 g/mol. The number of amides is 3. The Kier molecular flexibility index (Phi) is 13.1. The molecule has 3 rings (SSSR count). The van der Waals surface area contributed by atoms with Gasteiger partial charge in [-0.05, 0) is 93.4 Å². The van der Waals surface area contributed by atoms with Gasteiger partial charge in [0.1, 0.15) is 30.7 Å². The molecule has 0 aromatic heterocycles. The molecule has 3 heterocycles. The third-order valence-electron chi connectivity index (χ3n) is 7.40. The lowest BCUT2D eigenvalue weighted by Crippen LogP contribution is -2.47. The summed E-state index contributed by atoms with van der Waals surface area (Å²) in [6, 6.07) is -1.53. The van der Waals surface area contributed by atoms with Gasteiger partial charge in [0, 0.05) is 11.8 Å². The minimum Gasteiger partial charge on any atom is -0.444 e. The number of hydrogen-bond donors (Lipinski definition) is 2. The molecule has 3 aliphatic rings. The van der Waals surface area contributed by atoms with E-state index in [-0.39, 0.29) is 53.0 Å². The quantitative estimate of drug-likeness (QED) is 0.447. The first-order valence-corrected chi connectivity index (χ1v) is 15.1. The minimum absolute atomic E-state index is 0.0415. The van der Waals surface area contributed by atoms with E-state index >= 15 is 0 Å². The fraction of sp³-hybridized carbons (Fsp3) is 0.806. The van der Waals surface area contributed by atoms with E-state index in [0.717, 1.165) is 16.2 Å². The Balaban J connectivity index is 0.000000346. The van der Waals surface area contributed by atoms with E-state index < -0.39 is 41.7 Å². The molecule has 0 bridgehead atoms. The van der Waals surface area contributed by atoms with Crippen LogP contribution in [0.3, 0.4) is 0 Å². The van der Waals surface area contributed by atoms with E-state index in [9.17, 15) is 33.9 Å². The summed E-state index contributed by atoms with van der Waals surface area (Å²) in [6.45, 7) is 20.2. The SMILES string of the molecule is CC(=O)[C@@H]1CC(C)C(=O)N1C(=O)OC(C)(C)C.CC(=O)[C@@H]1CC(C)C(O)N1C(=O)OC(C)(C)C.[2H]N1C([B])C(C)C[C@H]1C(C)=O. The summed E-state index contributed by atoms with van der Waals surface area (Å²) in [5.41, 5.74) is -1.31. The number of nitrogens with one attached hydrogen (secondary N) is 1. The maximum atomic E-state index is 11.9. The van der Waals surface area contributed by atoms with Crippen LogP contribution < -0.4 is 5.31 Å². The van der Waals surface area contributed by atoms with Crippen molar-refractivity contribution in [2.24, 2.45) is 17.8 Å². The van der Waals surface area contributed by atoms with E-state index in [0.29, 0.717) is 12.8 Å². The largest absolute Gasteiger partial charge is 0.444 e. The van der Waals surface area contributed by atoms with Crippen LogP contribution in [0.5, 0.6) is 0 Å². The molecule has 3 fully saturated rings. The standard InChI is InChI=1S/C12H21NO4.C12H19NO4.C7H12BNO/c2*1-7-6-9(8(2)14)13(10(7)15)11(16)17-12(3,4)5;1-4-3-6(5(2)10)9-7(4)8/h7,9-10,15H,6H2,1-5H3;7,9H,6H2,1-5H3;4,6-7,9H,3H2,1-2H3/t7?,9-,10?;7?,9-;4?,6-,7?/m000/s1/i/hD.